The summed E-state index contributed by atoms with van der Waals surface area (Å²) in [5.41, 5.74) is -0.357. The van der Waals surface area contributed by atoms with Gasteiger partial charge in [-0.25, -0.2) is 9.18 Å². The monoisotopic (exact) mass is 402 g/mol. The van der Waals surface area contributed by atoms with E-state index >= 15 is 0 Å². The van der Waals surface area contributed by atoms with Crippen molar-refractivity contribution in [1.29, 1.82) is 0 Å². The number of fused-ring (bicyclic) bond motifs is 2. The molecule has 7 nitrogen and oxygen atoms in total. The van der Waals surface area contributed by atoms with Crippen molar-refractivity contribution < 1.29 is 18.7 Å². The first-order valence-electron chi connectivity index (χ1n) is 9.91. The number of piperidine rings is 1. The van der Waals surface area contributed by atoms with E-state index < -0.39 is 11.1 Å². The van der Waals surface area contributed by atoms with Crippen LogP contribution in [0, 0.1) is 23.6 Å². The summed E-state index contributed by atoms with van der Waals surface area (Å²) >= 11 is 0. The quantitative estimate of drug-likeness (QED) is 0.826. The maximum atomic E-state index is 13.9. The lowest BCUT2D eigenvalue weighted by Gasteiger charge is -2.27. The van der Waals surface area contributed by atoms with Gasteiger partial charge in [0, 0.05) is 24.4 Å². The van der Waals surface area contributed by atoms with Crippen LogP contribution in [0.1, 0.15) is 40.3 Å². The van der Waals surface area contributed by atoms with Crippen LogP contribution in [0.25, 0.3) is 10.9 Å². The second-order valence-electron chi connectivity index (χ2n) is 9.59. The Hall–Kier alpha value is -2.64. The van der Waals surface area contributed by atoms with Crippen LogP contribution in [0.3, 0.4) is 0 Å². The lowest BCUT2D eigenvalue weighted by Crippen LogP contribution is -2.44. The van der Waals surface area contributed by atoms with Crippen LogP contribution in [-0.4, -0.2) is 45.8 Å². The number of carbonyl (C=O) groups excluding carboxylic acids is 2. The topological polar surface area (TPSA) is 87.3 Å². The number of hydrogen-bond acceptors (Lipinski definition) is 4. The van der Waals surface area contributed by atoms with Gasteiger partial charge in [-0.15, -0.1) is 0 Å². The van der Waals surface area contributed by atoms with E-state index in [0.29, 0.717) is 29.7 Å². The smallest absolute Gasteiger partial charge is 0.410 e. The fraction of sp³-hybridized carbons (Fsp3) is 0.571. The molecule has 29 heavy (non-hydrogen) atoms. The molecule has 1 saturated carbocycles. The van der Waals surface area contributed by atoms with Gasteiger partial charge in [0.1, 0.15) is 16.9 Å². The predicted octanol–water partition coefficient (Wildman–Crippen LogP) is 3.17. The van der Waals surface area contributed by atoms with Gasteiger partial charge in [0.15, 0.2) is 0 Å². The molecule has 2 N–H and O–H groups in total. The minimum Gasteiger partial charge on any atom is -0.444 e. The Morgan fingerprint density at radius 3 is 2.48 bits per heavy atom. The van der Waals surface area contributed by atoms with Gasteiger partial charge in [0.2, 0.25) is 5.91 Å². The van der Waals surface area contributed by atoms with Crippen LogP contribution in [0.2, 0.25) is 0 Å². The van der Waals surface area contributed by atoms with E-state index in [4.69, 9.17) is 4.74 Å². The SMILES string of the molecule is CC(C)(C)OC(=O)N1CC2C(C1)C2C(=O)NC(C)(C)c1n[nH]c2c(F)cccc12. The summed E-state index contributed by atoms with van der Waals surface area (Å²) in [4.78, 5) is 26.8. The molecule has 1 aliphatic carbocycles. The highest BCUT2D eigenvalue weighted by Crippen LogP contribution is 2.52. The second-order valence-corrected chi connectivity index (χ2v) is 9.59. The Kier molecular flexibility index (Phi) is 4.36. The summed E-state index contributed by atoms with van der Waals surface area (Å²) in [6.07, 6.45) is -0.325. The maximum absolute atomic E-state index is 13.9. The summed E-state index contributed by atoms with van der Waals surface area (Å²) in [5.74, 6) is -0.225. The zero-order valence-corrected chi connectivity index (χ0v) is 17.4. The summed E-state index contributed by atoms with van der Waals surface area (Å²) in [7, 11) is 0. The van der Waals surface area contributed by atoms with Gasteiger partial charge in [0.05, 0.1) is 11.2 Å². The normalized spacial score (nSPS) is 23.8. The van der Waals surface area contributed by atoms with E-state index in [9.17, 15) is 14.0 Å². The van der Waals surface area contributed by atoms with Crippen molar-refractivity contribution in [2.75, 3.05) is 13.1 Å². The van der Waals surface area contributed by atoms with Crippen LogP contribution in [0.15, 0.2) is 18.2 Å². The fourth-order valence-corrected chi connectivity index (χ4v) is 4.32. The molecule has 156 valence electrons. The van der Waals surface area contributed by atoms with E-state index in [1.165, 1.54) is 6.07 Å². The van der Waals surface area contributed by atoms with E-state index in [2.05, 4.69) is 15.5 Å². The molecule has 0 bridgehead atoms. The highest BCUT2D eigenvalue weighted by Gasteiger charge is 2.61. The zero-order chi connectivity index (χ0) is 21.1. The molecule has 2 amide bonds. The molecule has 2 heterocycles. The fourth-order valence-electron chi connectivity index (χ4n) is 4.32. The molecule has 2 fully saturated rings. The zero-order valence-electron chi connectivity index (χ0n) is 17.4. The van der Waals surface area contributed by atoms with Crippen molar-refractivity contribution in [3.63, 3.8) is 0 Å². The number of nitrogens with zero attached hydrogens (tertiary/aromatic N) is 2. The number of halogens is 1. The largest absolute Gasteiger partial charge is 0.444 e. The van der Waals surface area contributed by atoms with Crippen LogP contribution in [0.4, 0.5) is 9.18 Å². The molecule has 8 heteroatoms. The van der Waals surface area contributed by atoms with E-state index in [0.717, 1.165) is 0 Å². The van der Waals surface area contributed by atoms with E-state index in [-0.39, 0.29) is 35.6 Å². The number of benzene rings is 1. The number of aromatic amines is 1. The Morgan fingerprint density at radius 1 is 1.21 bits per heavy atom. The van der Waals surface area contributed by atoms with Crippen molar-refractivity contribution in [2.24, 2.45) is 17.8 Å². The van der Waals surface area contributed by atoms with Gasteiger partial charge in [-0.05, 0) is 52.5 Å². The van der Waals surface area contributed by atoms with Crippen LogP contribution in [0.5, 0.6) is 0 Å². The average molecular weight is 402 g/mol. The standard InChI is InChI=1S/C21H27FN4O3/c1-20(2,3)29-19(28)26-9-12-13(10-26)15(12)18(27)23-21(4,5)17-11-7-6-8-14(22)16(11)24-25-17/h6-8,12-13,15H,9-10H2,1-5H3,(H,23,27)(H,24,25). The molecule has 0 radical (unpaired) electrons. The minimum absolute atomic E-state index is 0.0543. The first-order chi connectivity index (χ1) is 13.5. The van der Waals surface area contributed by atoms with Gasteiger partial charge in [-0.1, -0.05) is 12.1 Å². The molecule has 4 rings (SSSR count). The van der Waals surface area contributed by atoms with E-state index in [1.807, 2.05) is 34.6 Å². The number of rotatable bonds is 3. The number of aromatic nitrogens is 2. The number of nitrogens with one attached hydrogen (secondary N) is 2. The third-order valence-corrected chi connectivity index (χ3v) is 5.72. The van der Waals surface area contributed by atoms with Crippen LogP contribution in [-0.2, 0) is 15.1 Å². The minimum atomic E-state index is -0.759. The van der Waals surface area contributed by atoms with Gasteiger partial charge in [-0.3, -0.25) is 9.89 Å². The van der Waals surface area contributed by atoms with Crippen LogP contribution >= 0.6 is 0 Å². The van der Waals surface area contributed by atoms with Crippen LogP contribution < -0.4 is 5.32 Å². The molecule has 2 aliphatic rings. The Morgan fingerprint density at radius 2 is 1.86 bits per heavy atom. The summed E-state index contributed by atoms with van der Waals surface area (Å²) in [6, 6.07) is 4.79. The Bertz CT molecular complexity index is 966. The highest BCUT2D eigenvalue weighted by molar-refractivity contribution is 5.86. The van der Waals surface area contributed by atoms with Gasteiger partial charge in [0.25, 0.3) is 0 Å². The average Bonchev–Trinajstić information content (AvgIpc) is 2.96. The van der Waals surface area contributed by atoms with Crippen molar-refractivity contribution in [1.82, 2.24) is 20.4 Å². The second kappa shape index (κ2) is 6.43. The number of para-hydroxylation sites is 1. The lowest BCUT2D eigenvalue weighted by atomic mass is 9.96. The Labute approximate surface area is 169 Å². The molecule has 1 saturated heterocycles. The molecule has 1 aromatic carbocycles. The molecule has 2 aromatic rings. The first kappa shape index (κ1) is 19.7. The van der Waals surface area contributed by atoms with Gasteiger partial charge >= 0.3 is 6.09 Å². The van der Waals surface area contributed by atoms with Crippen molar-refractivity contribution in [3.8, 4) is 0 Å². The summed E-state index contributed by atoms with van der Waals surface area (Å²) in [5, 5.41) is 10.7. The maximum Gasteiger partial charge on any atom is 0.410 e. The molecule has 0 spiro atoms. The molecule has 1 aliphatic heterocycles. The predicted molar refractivity (Wildman–Crippen MR) is 105 cm³/mol. The third kappa shape index (κ3) is 3.56. The van der Waals surface area contributed by atoms with Crippen molar-refractivity contribution in [3.05, 3.63) is 29.7 Å². The van der Waals surface area contributed by atoms with Gasteiger partial charge in [-0.2, -0.15) is 5.10 Å². The van der Waals surface area contributed by atoms with E-state index in [1.54, 1.807) is 17.0 Å². The number of hydrogen-bond donors (Lipinski definition) is 2. The highest BCUT2D eigenvalue weighted by atomic mass is 19.1. The molecular weight excluding hydrogens is 375 g/mol. The first-order valence-corrected chi connectivity index (χ1v) is 9.91. The molecule has 1 aromatic heterocycles. The number of amides is 2. The summed E-state index contributed by atoms with van der Waals surface area (Å²) in [6.45, 7) is 10.3. The third-order valence-electron chi connectivity index (χ3n) is 5.72. The Balaban J connectivity index is 1.40. The molecule has 2 unspecified atom stereocenters. The lowest BCUT2D eigenvalue weighted by molar-refractivity contribution is -0.125. The number of carbonyl (C=O) groups is 2. The van der Waals surface area contributed by atoms with Crippen molar-refractivity contribution in [2.45, 2.75) is 45.8 Å². The summed E-state index contributed by atoms with van der Waals surface area (Å²) < 4.78 is 19.4. The van der Waals surface area contributed by atoms with Gasteiger partial charge < -0.3 is 15.0 Å². The number of likely N-dealkylation sites (tertiary alicyclic amines) is 1. The number of H-pyrrole nitrogens is 1. The molecule has 2 atom stereocenters. The van der Waals surface area contributed by atoms with Crippen molar-refractivity contribution >= 4 is 22.9 Å². The number of ether oxygens (including phenoxy) is 1. The molecular formula is C21H27FN4O3.